The Morgan fingerprint density at radius 2 is 2.03 bits per heavy atom. The number of halogens is 1. The molecule has 146 valence electrons. The van der Waals surface area contributed by atoms with E-state index in [0.717, 1.165) is 18.4 Å². The van der Waals surface area contributed by atoms with Crippen LogP contribution < -0.4 is 5.56 Å². The minimum Gasteiger partial charge on any atom is -0.333 e. The fourth-order valence-corrected chi connectivity index (χ4v) is 4.87. The summed E-state index contributed by atoms with van der Waals surface area (Å²) in [5, 5.41) is 5.34. The molecular weight excluding hydrogens is 391 g/mol. The van der Waals surface area contributed by atoms with Crippen LogP contribution in [0.5, 0.6) is 0 Å². The Hall–Kier alpha value is -3.13. The SMILES string of the molecule is O=C(Cc1ccccc1)N1CCC[C@@H]1c1nn2c(=O)c3cc(F)ccc3nc2s1. The molecule has 0 radical (unpaired) electrons. The van der Waals surface area contributed by atoms with E-state index in [1.807, 2.05) is 35.2 Å². The van der Waals surface area contributed by atoms with E-state index in [1.54, 1.807) is 0 Å². The van der Waals surface area contributed by atoms with Gasteiger partial charge in [-0.25, -0.2) is 9.37 Å². The molecule has 1 saturated heterocycles. The second-order valence-corrected chi connectivity index (χ2v) is 8.11. The summed E-state index contributed by atoms with van der Waals surface area (Å²) in [7, 11) is 0. The number of fused-ring (bicyclic) bond motifs is 2. The predicted octanol–water partition coefficient (Wildman–Crippen LogP) is 3.35. The number of rotatable bonds is 3. The lowest BCUT2D eigenvalue weighted by molar-refractivity contribution is -0.131. The maximum Gasteiger partial charge on any atom is 0.283 e. The zero-order chi connectivity index (χ0) is 20.0. The molecule has 0 aliphatic carbocycles. The van der Waals surface area contributed by atoms with Gasteiger partial charge in [0.1, 0.15) is 10.8 Å². The van der Waals surface area contributed by atoms with Crippen LogP contribution in [0.3, 0.4) is 0 Å². The molecule has 1 atom stereocenters. The molecule has 0 bridgehead atoms. The molecule has 0 N–H and O–H groups in total. The van der Waals surface area contributed by atoms with Gasteiger partial charge in [-0.2, -0.15) is 9.61 Å². The third kappa shape index (κ3) is 3.19. The monoisotopic (exact) mass is 408 g/mol. The molecule has 2 aromatic heterocycles. The molecule has 5 rings (SSSR count). The van der Waals surface area contributed by atoms with E-state index in [2.05, 4.69) is 10.1 Å². The number of aromatic nitrogens is 3. The lowest BCUT2D eigenvalue weighted by atomic mass is 10.1. The summed E-state index contributed by atoms with van der Waals surface area (Å²) < 4.78 is 14.8. The lowest BCUT2D eigenvalue weighted by Crippen LogP contribution is -2.32. The summed E-state index contributed by atoms with van der Waals surface area (Å²) in [5.41, 5.74) is 1.01. The van der Waals surface area contributed by atoms with Crippen LogP contribution in [-0.2, 0) is 11.2 Å². The summed E-state index contributed by atoms with van der Waals surface area (Å²) in [4.78, 5) is 32.4. The van der Waals surface area contributed by atoms with Gasteiger partial charge in [-0.05, 0) is 36.6 Å². The van der Waals surface area contributed by atoms with E-state index in [0.29, 0.717) is 28.5 Å². The number of carbonyl (C=O) groups excluding carboxylic acids is 1. The van der Waals surface area contributed by atoms with Crippen molar-refractivity contribution in [1.29, 1.82) is 0 Å². The van der Waals surface area contributed by atoms with Crippen LogP contribution in [0.1, 0.15) is 29.5 Å². The number of likely N-dealkylation sites (tertiary alicyclic amines) is 1. The van der Waals surface area contributed by atoms with Crippen molar-refractivity contribution in [2.45, 2.75) is 25.3 Å². The summed E-state index contributed by atoms with van der Waals surface area (Å²) in [6, 6.07) is 13.4. The topological polar surface area (TPSA) is 67.6 Å². The predicted molar refractivity (Wildman–Crippen MR) is 108 cm³/mol. The van der Waals surface area contributed by atoms with E-state index in [9.17, 15) is 14.0 Å². The first-order valence-electron chi connectivity index (χ1n) is 9.42. The van der Waals surface area contributed by atoms with Crippen molar-refractivity contribution in [3.8, 4) is 0 Å². The zero-order valence-corrected chi connectivity index (χ0v) is 16.2. The maximum absolute atomic E-state index is 13.5. The van der Waals surface area contributed by atoms with Gasteiger partial charge in [0.15, 0.2) is 0 Å². The van der Waals surface area contributed by atoms with E-state index in [-0.39, 0.29) is 17.3 Å². The fraction of sp³-hybridized carbons (Fsp3) is 0.238. The van der Waals surface area contributed by atoms with Gasteiger partial charge < -0.3 is 4.90 Å². The van der Waals surface area contributed by atoms with Gasteiger partial charge in [-0.3, -0.25) is 9.59 Å². The van der Waals surface area contributed by atoms with Crippen LogP contribution in [0.4, 0.5) is 4.39 Å². The molecule has 29 heavy (non-hydrogen) atoms. The van der Waals surface area contributed by atoms with Crippen LogP contribution in [0.15, 0.2) is 53.3 Å². The van der Waals surface area contributed by atoms with Crippen molar-refractivity contribution in [2.75, 3.05) is 6.54 Å². The first kappa shape index (κ1) is 17.9. The highest BCUT2D eigenvalue weighted by Gasteiger charge is 2.32. The Morgan fingerprint density at radius 1 is 1.21 bits per heavy atom. The Morgan fingerprint density at radius 3 is 2.86 bits per heavy atom. The number of nitrogens with zero attached hydrogens (tertiary/aromatic N) is 4. The van der Waals surface area contributed by atoms with Gasteiger partial charge in [-0.15, -0.1) is 0 Å². The van der Waals surface area contributed by atoms with E-state index < -0.39 is 11.4 Å². The van der Waals surface area contributed by atoms with Crippen LogP contribution in [0, 0.1) is 5.82 Å². The molecule has 0 unspecified atom stereocenters. The summed E-state index contributed by atoms with van der Waals surface area (Å²) in [6.07, 6.45) is 2.02. The standard InChI is InChI=1S/C21H17FN4O2S/c22-14-8-9-16-15(12-14)20(28)26-21(23-16)29-19(24-26)17-7-4-10-25(17)18(27)11-13-5-2-1-3-6-13/h1-3,5-6,8-9,12,17H,4,7,10-11H2/t17-/m1/s1. The Bertz CT molecular complexity index is 1280. The summed E-state index contributed by atoms with van der Waals surface area (Å²) >= 11 is 1.31. The van der Waals surface area contributed by atoms with Gasteiger partial charge in [0.05, 0.1) is 23.4 Å². The molecule has 1 aliphatic heterocycles. The smallest absolute Gasteiger partial charge is 0.283 e. The maximum atomic E-state index is 13.5. The van der Waals surface area contributed by atoms with Crippen molar-refractivity contribution < 1.29 is 9.18 Å². The number of hydrogen-bond donors (Lipinski definition) is 0. The average Bonchev–Trinajstić information content (AvgIpc) is 3.36. The van der Waals surface area contributed by atoms with E-state index in [1.165, 1.54) is 34.1 Å². The van der Waals surface area contributed by atoms with E-state index in [4.69, 9.17) is 0 Å². The molecule has 1 aliphatic rings. The zero-order valence-electron chi connectivity index (χ0n) is 15.4. The van der Waals surface area contributed by atoms with Crippen molar-refractivity contribution in [2.24, 2.45) is 0 Å². The minimum absolute atomic E-state index is 0.0468. The van der Waals surface area contributed by atoms with Crippen molar-refractivity contribution in [1.82, 2.24) is 19.5 Å². The molecule has 6 nitrogen and oxygen atoms in total. The van der Waals surface area contributed by atoms with Crippen molar-refractivity contribution in [3.05, 3.63) is 75.3 Å². The third-order valence-corrected chi connectivity index (χ3v) is 6.24. The van der Waals surface area contributed by atoms with Crippen molar-refractivity contribution >= 4 is 33.1 Å². The van der Waals surface area contributed by atoms with Crippen LogP contribution in [0.2, 0.25) is 0 Å². The van der Waals surface area contributed by atoms with Gasteiger partial charge in [0, 0.05) is 6.54 Å². The Balaban J connectivity index is 1.50. The average molecular weight is 408 g/mol. The van der Waals surface area contributed by atoms with Crippen LogP contribution in [-0.4, -0.2) is 31.9 Å². The van der Waals surface area contributed by atoms with Gasteiger partial charge in [-0.1, -0.05) is 41.7 Å². The minimum atomic E-state index is -0.486. The molecule has 0 saturated carbocycles. The van der Waals surface area contributed by atoms with Crippen molar-refractivity contribution in [3.63, 3.8) is 0 Å². The van der Waals surface area contributed by atoms with Gasteiger partial charge >= 0.3 is 0 Å². The third-order valence-electron chi connectivity index (χ3n) is 5.23. The molecule has 8 heteroatoms. The molecule has 1 fully saturated rings. The number of benzene rings is 2. The van der Waals surface area contributed by atoms with E-state index >= 15 is 0 Å². The molecular formula is C21H17FN4O2S. The highest BCUT2D eigenvalue weighted by Crippen LogP contribution is 2.34. The second kappa shape index (κ2) is 7.04. The Labute approximate surface area is 169 Å². The molecule has 0 spiro atoms. The number of amides is 1. The number of carbonyl (C=O) groups is 1. The van der Waals surface area contributed by atoms with Gasteiger partial charge in [0.2, 0.25) is 10.9 Å². The Kier molecular flexibility index (Phi) is 4.35. The first-order valence-corrected chi connectivity index (χ1v) is 10.2. The lowest BCUT2D eigenvalue weighted by Gasteiger charge is -2.22. The second-order valence-electron chi connectivity index (χ2n) is 7.12. The summed E-state index contributed by atoms with van der Waals surface area (Å²) in [5.74, 6) is -0.439. The van der Waals surface area contributed by atoms with Crippen LogP contribution >= 0.6 is 11.3 Å². The molecule has 3 heterocycles. The largest absolute Gasteiger partial charge is 0.333 e. The highest BCUT2D eigenvalue weighted by molar-refractivity contribution is 7.16. The quantitative estimate of drug-likeness (QED) is 0.521. The van der Waals surface area contributed by atoms with Crippen LogP contribution in [0.25, 0.3) is 15.9 Å². The molecule has 1 amide bonds. The normalized spacial score (nSPS) is 16.7. The molecule has 2 aromatic carbocycles. The summed E-state index contributed by atoms with van der Waals surface area (Å²) in [6.45, 7) is 0.668. The van der Waals surface area contributed by atoms with Gasteiger partial charge in [0.25, 0.3) is 5.56 Å². The molecule has 4 aromatic rings. The fourth-order valence-electron chi connectivity index (χ4n) is 3.82. The number of hydrogen-bond acceptors (Lipinski definition) is 5. The first-order chi connectivity index (χ1) is 14.1. The highest BCUT2D eigenvalue weighted by atomic mass is 32.1.